The molecule has 0 N–H and O–H groups in total. The van der Waals surface area contributed by atoms with E-state index in [0.29, 0.717) is 11.8 Å². The number of hydrogen-bond acceptors (Lipinski definition) is 4. The van der Waals surface area contributed by atoms with Crippen LogP contribution in [0.3, 0.4) is 0 Å². The van der Waals surface area contributed by atoms with Crippen molar-refractivity contribution in [1.29, 1.82) is 0 Å². The van der Waals surface area contributed by atoms with Crippen LogP contribution in [0.15, 0.2) is 11.6 Å². The minimum absolute atomic E-state index is 0.00611. The second-order valence-electron chi connectivity index (χ2n) is 6.15. The first kappa shape index (κ1) is 14.2. The van der Waals surface area contributed by atoms with Crippen molar-refractivity contribution >= 4 is 22.8 Å². The molecular weight excluding hydrogens is 272 g/mol. The van der Waals surface area contributed by atoms with Crippen molar-refractivity contribution in [3.63, 3.8) is 0 Å². The van der Waals surface area contributed by atoms with E-state index in [4.69, 9.17) is 4.74 Å². The largest absolute Gasteiger partial charge is 0.459 e. The van der Waals surface area contributed by atoms with Crippen LogP contribution in [0.4, 0.5) is 0 Å². The van der Waals surface area contributed by atoms with Crippen LogP contribution in [0.1, 0.15) is 39.5 Å². The highest BCUT2D eigenvalue weighted by atomic mass is 32.2. The second kappa shape index (κ2) is 5.55. The topological polar surface area (TPSA) is 43.4 Å². The molecule has 0 spiro atoms. The van der Waals surface area contributed by atoms with E-state index in [1.54, 1.807) is 0 Å². The number of hydrogen-bond donors (Lipinski definition) is 0. The fourth-order valence-electron chi connectivity index (χ4n) is 4.26. The summed E-state index contributed by atoms with van der Waals surface area (Å²) in [5, 5.41) is 0.269. The SMILES string of the molecule is CCSC(=O)[C@@H]1[C@H]2CCCC[C@@H]2C=C2C(=O)O[C@@H](C)[C@@H]21. The molecule has 0 aromatic rings. The molecule has 3 aliphatic rings. The van der Waals surface area contributed by atoms with Crippen LogP contribution in [0, 0.1) is 23.7 Å². The van der Waals surface area contributed by atoms with Gasteiger partial charge in [0.25, 0.3) is 0 Å². The lowest BCUT2D eigenvalue weighted by Gasteiger charge is -2.41. The molecule has 3 rings (SSSR count). The fourth-order valence-corrected chi connectivity index (χ4v) is 5.06. The van der Waals surface area contributed by atoms with Gasteiger partial charge in [-0.3, -0.25) is 4.79 Å². The molecule has 1 saturated carbocycles. The van der Waals surface area contributed by atoms with Gasteiger partial charge < -0.3 is 4.74 Å². The van der Waals surface area contributed by atoms with Gasteiger partial charge in [-0.1, -0.05) is 37.6 Å². The minimum atomic E-state index is -0.189. The summed E-state index contributed by atoms with van der Waals surface area (Å²) in [6.45, 7) is 3.95. The lowest BCUT2D eigenvalue weighted by atomic mass is 9.62. The Morgan fingerprint density at radius 2 is 2.15 bits per heavy atom. The molecule has 0 amide bonds. The molecule has 4 heteroatoms. The van der Waals surface area contributed by atoms with E-state index in [2.05, 4.69) is 6.08 Å². The smallest absolute Gasteiger partial charge is 0.334 e. The summed E-state index contributed by atoms with van der Waals surface area (Å²) >= 11 is 1.41. The van der Waals surface area contributed by atoms with Crippen molar-refractivity contribution in [3.8, 4) is 0 Å². The quantitative estimate of drug-likeness (QED) is 0.734. The van der Waals surface area contributed by atoms with Gasteiger partial charge in [0, 0.05) is 17.4 Å². The molecule has 2 aliphatic carbocycles. The van der Waals surface area contributed by atoms with Gasteiger partial charge in [0.05, 0.1) is 0 Å². The molecule has 0 unspecified atom stereocenters. The maximum absolute atomic E-state index is 12.6. The normalized spacial score (nSPS) is 39.6. The molecule has 5 atom stereocenters. The molecule has 0 aromatic heterocycles. The summed E-state index contributed by atoms with van der Waals surface area (Å²) in [6.07, 6.45) is 6.64. The Labute approximate surface area is 124 Å². The maximum Gasteiger partial charge on any atom is 0.334 e. The Kier molecular flexibility index (Phi) is 3.93. The number of allylic oxidation sites excluding steroid dienone is 1. The third-order valence-electron chi connectivity index (χ3n) is 5.07. The van der Waals surface area contributed by atoms with Crippen molar-refractivity contribution < 1.29 is 14.3 Å². The van der Waals surface area contributed by atoms with Crippen molar-refractivity contribution in [2.45, 2.75) is 45.6 Å². The van der Waals surface area contributed by atoms with Gasteiger partial charge in [0.2, 0.25) is 0 Å². The Morgan fingerprint density at radius 1 is 1.40 bits per heavy atom. The lowest BCUT2D eigenvalue weighted by molar-refractivity contribution is -0.139. The Balaban J connectivity index is 1.98. The highest BCUT2D eigenvalue weighted by Gasteiger charge is 2.52. The third kappa shape index (κ3) is 2.22. The van der Waals surface area contributed by atoms with Crippen molar-refractivity contribution in [1.82, 2.24) is 0 Å². The zero-order valence-corrected chi connectivity index (χ0v) is 12.9. The summed E-state index contributed by atoms with van der Waals surface area (Å²) in [4.78, 5) is 24.6. The summed E-state index contributed by atoms with van der Waals surface area (Å²) in [6, 6.07) is 0. The number of carbonyl (C=O) groups excluding carboxylic acids is 2. The van der Waals surface area contributed by atoms with E-state index < -0.39 is 0 Å². The predicted molar refractivity (Wildman–Crippen MR) is 79.2 cm³/mol. The van der Waals surface area contributed by atoms with E-state index in [-0.39, 0.29) is 29.0 Å². The molecule has 20 heavy (non-hydrogen) atoms. The Morgan fingerprint density at radius 3 is 2.90 bits per heavy atom. The van der Waals surface area contributed by atoms with Crippen LogP contribution in [0.5, 0.6) is 0 Å². The van der Waals surface area contributed by atoms with Gasteiger partial charge in [-0.25, -0.2) is 4.79 Å². The van der Waals surface area contributed by atoms with Gasteiger partial charge >= 0.3 is 5.97 Å². The number of cyclic esters (lactones) is 1. The summed E-state index contributed by atoms with van der Waals surface area (Å²) in [5.74, 6) is 1.41. The van der Waals surface area contributed by atoms with Gasteiger partial charge in [0.1, 0.15) is 6.10 Å². The maximum atomic E-state index is 12.6. The molecule has 1 saturated heterocycles. The van der Waals surface area contributed by atoms with Crippen LogP contribution in [0.2, 0.25) is 0 Å². The van der Waals surface area contributed by atoms with Gasteiger partial charge in [-0.05, 0) is 37.4 Å². The molecule has 1 aliphatic heterocycles. The van der Waals surface area contributed by atoms with Crippen molar-refractivity contribution in [2.75, 3.05) is 5.75 Å². The van der Waals surface area contributed by atoms with E-state index in [1.165, 1.54) is 24.6 Å². The molecule has 0 aromatic carbocycles. The number of carbonyl (C=O) groups is 2. The summed E-state index contributed by atoms with van der Waals surface area (Å²) in [7, 11) is 0. The second-order valence-corrected chi connectivity index (χ2v) is 7.42. The monoisotopic (exact) mass is 294 g/mol. The minimum Gasteiger partial charge on any atom is -0.459 e. The molecule has 3 nitrogen and oxygen atoms in total. The van der Waals surface area contributed by atoms with E-state index in [9.17, 15) is 9.59 Å². The first-order valence-electron chi connectivity index (χ1n) is 7.72. The molecule has 2 fully saturated rings. The van der Waals surface area contributed by atoms with E-state index in [0.717, 1.165) is 24.2 Å². The van der Waals surface area contributed by atoms with Crippen LogP contribution in [0.25, 0.3) is 0 Å². The van der Waals surface area contributed by atoms with Crippen molar-refractivity contribution in [3.05, 3.63) is 11.6 Å². The predicted octanol–water partition coefficient (Wildman–Crippen LogP) is 3.19. The zero-order valence-electron chi connectivity index (χ0n) is 12.1. The average molecular weight is 294 g/mol. The standard InChI is InChI=1S/C16H22O3S/c1-3-20-16(18)14-11-7-5-4-6-10(11)8-12-13(14)9(2)19-15(12)17/h8-11,13-14H,3-7H2,1-2H3/t9-,10+,11-,13-,14+/m0/s1. The van der Waals surface area contributed by atoms with Crippen LogP contribution in [-0.2, 0) is 14.3 Å². The highest BCUT2D eigenvalue weighted by molar-refractivity contribution is 8.13. The number of thioether (sulfide) groups is 1. The molecular formula is C16H22O3S. The number of ether oxygens (including phenoxy) is 1. The lowest BCUT2D eigenvalue weighted by Crippen LogP contribution is -2.41. The average Bonchev–Trinajstić information content (AvgIpc) is 2.71. The third-order valence-corrected chi connectivity index (χ3v) is 5.91. The van der Waals surface area contributed by atoms with Gasteiger partial charge in [-0.15, -0.1) is 0 Å². The van der Waals surface area contributed by atoms with Crippen LogP contribution in [-0.4, -0.2) is 22.9 Å². The first-order chi connectivity index (χ1) is 9.63. The molecule has 0 radical (unpaired) electrons. The van der Waals surface area contributed by atoms with Gasteiger partial charge in [-0.2, -0.15) is 0 Å². The first-order valence-corrected chi connectivity index (χ1v) is 8.71. The van der Waals surface area contributed by atoms with Gasteiger partial charge in [0.15, 0.2) is 5.12 Å². The number of rotatable bonds is 2. The van der Waals surface area contributed by atoms with E-state index in [1.807, 2.05) is 13.8 Å². The van der Waals surface area contributed by atoms with E-state index >= 15 is 0 Å². The Bertz CT molecular complexity index is 457. The van der Waals surface area contributed by atoms with Crippen molar-refractivity contribution in [2.24, 2.45) is 23.7 Å². The fraction of sp³-hybridized carbons (Fsp3) is 0.750. The molecule has 0 bridgehead atoms. The number of esters is 1. The zero-order chi connectivity index (χ0) is 14.3. The molecule has 110 valence electrons. The molecule has 1 heterocycles. The van der Waals surface area contributed by atoms with Crippen LogP contribution < -0.4 is 0 Å². The van der Waals surface area contributed by atoms with Crippen LogP contribution >= 0.6 is 11.8 Å². The summed E-state index contributed by atoms with van der Waals surface area (Å²) < 4.78 is 5.40. The number of fused-ring (bicyclic) bond motifs is 2. The Hall–Kier alpha value is -0.770. The highest BCUT2D eigenvalue weighted by Crippen LogP contribution is 2.51. The summed E-state index contributed by atoms with van der Waals surface area (Å²) in [5.41, 5.74) is 0.788.